The normalized spacial score (nSPS) is 22.2. The number of rotatable bonds is 6. The highest BCUT2D eigenvalue weighted by Crippen LogP contribution is 2.45. The van der Waals surface area contributed by atoms with E-state index in [9.17, 15) is 4.79 Å². The summed E-state index contributed by atoms with van der Waals surface area (Å²) >= 11 is 1.43. The predicted molar refractivity (Wildman–Crippen MR) is 144 cm³/mol. The standard InChI is InChI=1S/C28H35N3O2S/c1-19(2)31-24-13-12-21(16-23(24)20(3)18-28(31,4)5)17-25-26(32)30(14-15-33-6)27(34-25)29-22-10-8-7-9-11-22/h7-13,16-17,19-20H,14-15,18H2,1-6H3/b25-17-,29-27?/t20-/m1/s1. The minimum atomic E-state index is -0.0209. The van der Waals surface area contributed by atoms with Crippen molar-refractivity contribution in [3.05, 3.63) is 64.6 Å². The molecule has 5 nitrogen and oxygen atoms in total. The van der Waals surface area contributed by atoms with Crippen molar-refractivity contribution in [2.45, 2.75) is 58.5 Å². The number of carbonyl (C=O) groups is 1. The molecule has 2 aromatic rings. The second-order valence-electron chi connectivity index (χ2n) is 9.99. The first-order chi connectivity index (χ1) is 16.2. The summed E-state index contributed by atoms with van der Waals surface area (Å²) in [5.74, 6) is 0.436. The fraction of sp³-hybridized carbons (Fsp3) is 0.429. The molecule has 180 valence electrons. The number of methoxy groups -OCH3 is 1. The molecule has 1 amide bonds. The van der Waals surface area contributed by atoms with Gasteiger partial charge < -0.3 is 9.64 Å². The number of nitrogens with zero attached hydrogens (tertiary/aromatic N) is 3. The number of fused-ring (bicyclic) bond motifs is 1. The monoisotopic (exact) mass is 477 g/mol. The van der Waals surface area contributed by atoms with E-state index in [0.717, 1.165) is 17.7 Å². The molecule has 0 saturated carbocycles. The van der Waals surface area contributed by atoms with E-state index < -0.39 is 0 Å². The summed E-state index contributed by atoms with van der Waals surface area (Å²) in [4.78, 5) is 23.0. The van der Waals surface area contributed by atoms with Crippen LogP contribution < -0.4 is 4.90 Å². The number of hydrogen-bond acceptors (Lipinski definition) is 5. The Morgan fingerprint density at radius 1 is 1.21 bits per heavy atom. The largest absolute Gasteiger partial charge is 0.383 e. The number of carbonyl (C=O) groups excluding carboxylic acids is 1. The van der Waals surface area contributed by atoms with E-state index in [1.165, 1.54) is 23.0 Å². The third-order valence-electron chi connectivity index (χ3n) is 6.50. The average Bonchev–Trinajstić information content (AvgIpc) is 3.06. The second-order valence-corrected chi connectivity index (χ2v) is 11.0. The number of ether oxygens (including phenoxy) is 1. The minimum Gasteiger partial charge on any atom is -0.383 e. The average molecular weight is 478 g/mol. The number of hydrogen-bond donors (Lipinski definition) is 0. The zero-order valence-corrected chi connectivity index (χ0v) is 21.9. The van der Waals surface area contributed by atoms with Crippen LogP contribution in [0, 0.1) is 0 Å². The van der Waals surface area contributed by atoms with E-state index in [2.05, 4.69) is 57.7 Å². The highest BCUT2D eigenvalue weighted by atomic mass is 32.2. The molecule has 0 N–H and O–H groups in total. The van der Waals surface area contributed by atoms with Crippen molar-refractivity contribution < 1.29 is 9.53 Å². The summed E-state index contributed by atoms with van der Waals surface area (Å²) in [6.07, 6.45) is 3.11. The van der Waals surface area contributed by atoms with E-state index in [1.807, 2.05) is 36.4 Å². The molecule has 1 saturated heterocycles. The van der Waals surface area contributed by atoms with Gasteiger partial charge in [0, 0.05) is 24.4 Å². The molecule has 1 fully saturated rings. The van der Waals surface area contributed by atoms with Gasteiger partial charge in [0.25, 0.3) is 5.91 Å². The molecule has 0 radical (unpaired) electrons. The van der Waals surface area contributed by atoms with E-state index in [0.29, 0.717) is 35.2 Å². The van der Waals surface area contributed by atoms with Gasteiger partial charge in [0.1, 0.15) is 0 Å². The number of aliphatic imine (C=N–C) groups is 1. The predicted octanol–water partition coefficient (Wildman–Crippen LogP) is 6.44. The number of amidine groups is 1. The van der Waals surface area contributed by atoms with Crippen molar-refractivity contribution in [3.63, 3.8) is 0 Å². The zero-order valence-electron chi connectivity index (χ0n) is 21.0. The highest BCUT2D eigenvalue weighted by molar-refractivity contribution is 8.18. The molecule has 34 heavy (non-hydrogen) atoms. The van der Waals surface area contributed by atoms with Crippen LogP contribution in [0.3, 0.4) is 0 Å². The molecule has 1 atom stereocenters. The molecular weight excluding hydrogens is 442 g/mol. The van der Waals surface area contributed by atoms with Crippen molar-refractivity contribution in [1.82, 2.24) is 4.90 Å². The number of anilines is 1. The van der Waals surface area contributed by atoms with Gasteiger partial charge in [-0.3, -0.25) is 9.69 Å². The number of amides is 1. The summed E-state index contributed by atoms with van der Waals surface area (Å²) in [6, 6.07) is 16.8. The Hall–Kier alpha value is -2.57. The summed E-state index contributed by atoms with van der Waals surface area (Å²) in [7, 11) is 1.65. The van der Waals surface area contributed by atoms with Gasteiger partial charge in [-0.2, -0.15) is 0 Å². The smallest absolute Gasteiger partial charge is 0.266 e. The van der Waals surface area contributed by atoms with Crippen molar-refractivity contribution in [2.75, 3.05) is 25.2 Å². The molecular formula is C28H35N3O2S. The van der Waals surface area contributed by atoms with Gasteiger partial charge in [0.2, 0.25) is 0 Å². The maximum atomic E-state index is 13.3. The third kappa shape index (κ3) is 4.93. The van der Waals surface area contributed by atoms with Crippen LogP contribution in [0.2, 0.25) is 0 Å². The van der Waals surface area contributed by atoms with Gasteiger partial charge in [0.15, 0.2) is 5.17 Å². The Labute approximate surface area is 207 Å². The van der Waals surface area contributed by atoms with Crippen LogP contribution in [-0.4, -0.2) is 47.8 Å². The van der Waals surface area contributed by atoms with Gasteiger partial charge in [0.05, 0.1) is 23.7 Å². The summed E-state index contributed by atoms with van der Waals surface area (Å²) in [5, 5.41) is 0.693. The molecule has 2 aliphatic heterocycles. The first kappa shape index (κ1) is 24.6. The number of benzene rings is 2. The molecule has 2 aromatic carbocycles. The Balaban J connectivity index is 1.68. The van der Waals surface area contributed by atoms with Crippen molar-refractivity contribution in [1.29, 1.82) is 0 Å². The fourth-order valence-electron chi connectivity index (χ4n) is 5.27. The van der Waals surface area contributed by atoms with Crippen LogP contribution in [0.5, 0.6) is 0 Å². The Morgan fingerprint density at radius 3 is 2.62 bits per heavy atom. The maximum absolute atomic E-state index is 13.3. The molecule has 2 heterocycles. The molecule has 0 unspecified atom stereocenters. The van der Waals surface area contributed by atoms with Crippen molar-refractivity contribution >= 4 is 40.3 Å². The van der Waals surface area contributed by atoms with Crippen LogP contribution in [0.15, 0.2) is 58.4 Å². The SMILES string of the molecule is COCCN1C(=O)/C(=C/c2ccc3c(c2)[C@H](C)CC(C)(C)N3C(C)C)SC1=Nc1ccccc1. The van der Waals surface area contributed by atoms with Gasteiger partial charge in [-0.15, -0.1) is 0 Å². The molecule has 4 rings (SSSR count). The van der Waals surface area contributed by atoms with E-state index >= 15 is 0 Å². The van der Waals surface area contributed by atoms with E-state index in [-0.39, 0.29) is 11.4 Å². The van der Waals surface area contributed by atoms with Crippen LogP contribution >= 0.6 is 11.8 Å². The topological polar surface area (TPSA) is 45.1 Å². The van der Waals surface area contributed by atoms with Crippen LogP contribution in [-0.2, 0) is 9.53 Å². The van der Waals surface area contributed by atoms with E-state index in [1.54, 1.807) is 12.0 Å². The number of para-hydroxylation sites is 1. The van der Waals surface area contributed by atoms with Crippen molar-refractivity contribution in [2.24, 2.45) is 4.99 Å². The Bertz CT molecular complexity index is 1110. The lowest BCUT2D eigenvalue weighted by molar-refractivity contribution is -0.122. The summed E-state index contributed by atoms with van der Waals surface area (Å²) < 4.78 is 5.24. The van der Waals surface area contributed by atoms with Gasteiger partial charge in [-0.25, -0.2) is 4.99 Å². The molecule has 0 aliphatic carbocycles. The molecule has 0 bridgehead atoms. The van der Waals surface area contributed by atoms with Crippen molar-refractivity contribution in [3.8, 4) is 0 Å². The molecule has 2 aliphatic rings. The van der Waals surface area contributed by atoms with Gasteiger partial charge in [-0.05, 0) is 93.3 Å². The van der Waals surface area contributed by atoms with Crippen LogP contribution in [0.25, 0.3) is 6.08 Å². The summed E-state index contributed by atoms with van der Waals surface area (Å²) in [6.45, 7) is 12.4. The first-order valence-electron chi connectivity index (χ1n) is 12.0. The van der Waals surface area contributed by atoms with Gasteiger partial charge in [-0.1, -0.05) is 31.2 Å². The second kappa shape index (κ2) is 9.96. The highest BCUT2D eigenvalue weighted by Gasteiger charge is 2.38. The Morgan fingerprint density at radius 2 is 1.94 bits per heavy atom. The molecule has 0 spiro atoms. The lowest BCUT2D eigenvalue weighted by Gasteiger charge is -2.50. The van der Waals surface area contributed by atoms with Crippen LogP contribution in [0.4, 0.5) is 11.4 Å². The molecule has 6 heteroatoms. The number of thioether (sulfide) groups is 1. The Kier molecular flexibility index (Phi) is 7.20. The quantitative estimate of drug-likeness (QED) is 0.449. The fourth-order valence-corrected chi connectivity index (χ4v) is 6.30. The lowest BCUT2D eigenvalue weighted by Crippen LogP contribution is -2.51. The zero-order chi connectivity index (χ0) is 24.5. The van der Waals surface area contributed by atoms with E-state index in [4.69, 9.17) is 9.73 Å². The van der Waals surface area contributed by atoms with Crippen LogP contribution in [0.1, 0.15) is 58.1 Å². The maximum Gasteiger partial charge on any atom is 0.266 e. The lowest BCUT2D eigenvalue weighted by atomic mass is 9.79. The minimum absolute atomic E-state index is 0.0209. The molecule has 0 aromatic heterocycles. The third-order valence-corrected chi connectivity index (χ3v) is 7.51. The van der Waals surface area contributed by atoms with Gasteiger partial charge >= 0.3 is 0 Å². The first-order valence-corrected chi connectivity index (χ1v) is 12.8. The summed E-state index contributed by atoms with van der Waals surface area (Å²) in [5.41, 5.74) is 4.66.